The quantitative estimate of drug-likeness (QED) is 0.826. The normalized spacial score (nSPS) is 11.0. The average molecular weight is 309 g/mol. The zero-order chi connectivity index (χ0) is 15.2. The number of rotatable bonds is 6. The minimum absolute atomic E-state index is 0.0602. The van der Waals surface area contributed by atoms with Gasteiger partial charge in [-0.25, -0.2) is 4.79 Å². The van der Waals surface area contributed by atoms with E-state index in [2.05, 4.69) is 10.2 Å². The van der Waals surface area contributed by atoms with Gasteiger partial charge >= 0.3 is 5.97 Å². The molecule has 0 aliphatic heterocycles. The van der Waals surface area contributed by atoms with Crippen molar-refractivity contribution in [2.75, 3.05) is 0 Å². The molecule has 0 radical (unpaired) electrons. The summed E-state index contributed by atoms with van der Waals surface area (Å²) >= 11 is 6.07. The molecule has 1 aromatic carbocycles. The number of halogens is 1. The van der Waals surface area contributed by atoms with Gasteiger partial charge in [0.05, 0.1) is 5.02 Å². The highest BCUT2D eigenvalue weighted by Gasteiger charge is 2.10. The lowest BCUT2D eigenvalue weighted by atomic mass is 10.2. The molecule has 0 aliphatic carbocycles. The first-order valence-corrected chi connectivity index (χ1v) is 6.61. The number of aromatic nitrogens is 2. The molecule has 1 heterocycles. The molecule has 1 aromatic heterocycles. The third-order valence-electron chi connectivity index (χ3n) is 2.55. The zero-order valence-corrected chi connectivity index (χ0v) is 12.0. The number of hydrogen-bond acceptors (Lipinski definition) is 5. The molecule has 7 heteroatoms. The van der Waals surface area contributed by atoms with E-state index in [1.807, 2.05) is 6.92 Å². The van der Waals surface area contributed by atoms with Crippen molar-refractivity contribution >= 4 is 23.6 Å². The summed E-state index contributed by atoms with van der Waals surface area (Å²) in [7, 11) is 0. The van der Waals surface area contributed by atoms with Gasteiger partial charge in [-0.2, -0.15) is 0 Å². The Morgan fingerprint density at radius 1 is 1.43 bits per heavy atom. The van der Waals surface area contributed by atoms with E-state index in [1.54, 1.807) is 18.2 Å². The summed E-state index contributed by atoms with van der Waals surface area (Å²) in [6.07, 6.45) is 3.07. The predicted molar refractivity (Wildman–Crippen MR) is 76.1 cm³/mol. The molecule has 0 fully saturated rings. The van der Waals surface area contributed by atoms with Crippen LogP contribution in [0.15, 0.2) is 28.7 Å². The Bertz CT molecular complexity index is 667. The number of hydrogen-bond donors (Lipinski definition) is 1. The Hall–Kier alpha value is -2.34. The fourth-order valence-electron chi connectivity index (χ4n) is 1.59. The van der Waals surface area contributed by atoms with Gasteiger partial charge in [0.25, 0.3) is 5.89 Å². The lowest BCUT2D eigenvalue weighted by Crippen LogP contribution is -1.98. The summed E-state index contributed by atoms with van der Waals surface area (Å²) in [6, 6.07) is 5.06. The van der Waals surface area contributed by atoms with Crippen LogP contribution < -0.4 is 4.74 Å². The Labute approximate surface area is 126 Å². The second kappa shape index (κ2) is 6.90. The van der Waals surface area contributed by atoms with Crippen molar-refractivity contribution < 1.29 is 19.1 Å². The van der Waals surface area contributed by atoms with Gasteiger partial charge in [-0.05, 0) is 12.1 Å². The van der Waals surface area contributed by atoms with Crippen molar-refractivity contribution in [1.82, 2.24) is 10.2 Å². The summed E-state index contributed by atoms with van der Waals surface area (Å²) in [5, 5.41) is 16.7. The van der Waals surface area contributed by atoms with Crippen LogP contribution >= 0.6 is 11.6 Å². The second-order valence-electron chi connectivity index (χ2n) is 4.06. The summed E-state index contributed by atoms with van der Waals surface area (Å²) in [4.78, 5) is 10.6. The SMILES string of the molecule is CCc1nnc(COc2c(Cl)cccc2/C=C/C(=O)O)o1. The van der Waals surface area contributed by atoms with Crippen LogP contribution in [0.3, 0.4) is 0 Å². The first kappa shape index (κ1) is 15.1. The molecule has 0 unspecified atom stereocenters. The van der Waals surface area contributed by atoms with Crippen molar-refractivity contribution in [3.05, 3.63) is 46.6 Å². The van der Waals surface area contributed by atoms with Gasteiger partial charge in [0.1, 0.15) is 5.75 Å². The van der Waals surface area contributed by atoms with Crippen molar-refractivity contribution in [3.8, 4) is 5.75 Å². The first-order chi connectivity index (χ1) is 10.1. The molecular weight excluding hydrogens is 296 g/mol. The molecule has 0 saturated heterocycles. The van der Waals surface area contributed by atoms with E-state index >= 15 is 0 Å². The second-order valence-corrected chi connectivity index (χ2v) is 4.47. The van der Waals surface area contributed by atoms with Gasteiger partial charge in [0, 0.05) is 18.1 Å². The van der Waals surface area contributed by atoms with Crippen molar-refractivity contribution in [1.29, 1.82) is 0 Å². The maximum Gasteiger partial charge on any atom is 0.328 e. The summed E-state index contributed by atoms with van der Waals surface area (Å²) in [5.41, 5.74) is 0.556. The number of carboxylic acids is 1. The summed E-state index contributed by atoms with van der Waals surface area (Å²) < 4.78 is 10.9. The molecule has 110 valence electrons. The number of nitrogens with zero attached hydrogens (tertiary/aromatic N) is 2. The number of ether oxygens (including phenoxy) is 1. The maximum atomic E-state index is 10.6. The van der Waals surface area contributed by atoms with E-state index in [0.29, 0.717) is 34.5 Å². The van der Waals surface area contributed by atoms with Gasteiger partial charge in [0.15, 0.2) is 6.61 Å². The number of benzene rings is 1. The van der Waals surface area contributed by atoms with E-state index < -0.39 is 5.97 Å². The van der Waals surface area contributed by atoms with Crippen LogP contribution in [0.2, 0.25) is 5.02 Å². The van der Waals surface area contributed by atoms with Crippen LogP contribution in [0.5, 0.6) is 5.75 Å². The van der Waals surface area contributed by atoms with E-state index in [-0.39, 0.29) is 6.61 Å². The molecule has 0 bridgehead atoms. The van der Waals surface area contributed by atoms with Gasteiger partial charge in [-0.3, -0.25) is 0 Å². The molecule has 1 N–H and O–H groups in total. The number of aryl methyl sites for hydroxylation is 1. The third kappa shape index (κ3) is 4.06. The lowest BCUT2D eigenvalue weighted by Gasteiger charge is -2.09. The van der Waals surface area contributed by atoms with Gasteiger partial charge in [-0.15, -0.1) is 10.2 Å². The number of carboxylic acid groups (broad SMARTS) is 1. The highest BCUT2D eigenvalue weighted by molar-refractivity contribution is 6.32. The molecule has 0 amide bonds. The molecule has 2 rings (SSSR count). The topological polar surface area (TPSA) is 85.5 Å². The van der Waals surface area contributed by atoms with Crippen molar-refractivity contribution in [3.63, 3.8) is 0 Å². The van der Waals surface area contributed by atoms with E-state index in [4.69, 9.17) is 25.9 Å². The Morgan fingerprint density at radius 2 is 2.19 bits per heavy atom. The van der Waals surface area contributed by atoms with Crippen LogP contribution in [-0.2, 0) is 17.8 Å². The van der Waals surface area contributed by atoms with E-state index in [0.717, 1.165) is 6.08 Å². The Balaban J connectivity index is 2.16. The standard InChI is InChI=1S/C14H13ClN2O4/c1-2-11-16-17-12(21-11)8-20-14-9(6-7-13(18)19)4-3-5-10(14)15/h3-7H,2,8H2,1H3,(H,18,19)/b7-6+. The fraction of sp³-hybridized carbons (Fsp3) is 0.214. The van der Waals surface area contributed by atoms with E-state index in [9.17, 15) is 4.79 Å². The third-order valence-corrected chi connectivity index (χ3v) is 2.85. The molecule has 0 spiro atoms. The fourth-order valence-corrected chi connectivity index (χ4v) is 1.83. The number of para-hydroxylation sites is 1. The van der Waals surface area contributed by atoms with Gasteiger partial charge in [0.2, 0.25) is 5.89 Å². The monoisotopic (exact) mass is 308 g/mol. The summed E-state index contributed by atoms with van der Waals surface area (Å²) in [6.45, 7) is 1.96. The van der Waals surface area contributed by atoms with E-state index in [1.165, 1.54) is 6.08 Å². The predicted octanol–water partition coefficient (Wildman–Crippen LogP) is 2.96. The van der Waals surface area contributed by atoms with Gasteiger partial charge in [-0.1, -0.05) is 30.7 Å². The largest absolute Gasteiger partial charge is 0.482 e. The average Bonchev–Trinajstić information content (AvgIpc) is 2.92. The van der Waals surface area contributed by atoms with Crippen LogP contribution in [0.4, 0.5) is 0 Å². The maximum absolute atomic E-state index is 10.6. The lowest BCUT2D eigenvalue weighted by molar-refractivity contribution is -0.131. The van der Waals surface area contributed by atoms with Crippen LogP contribution in [0, 0.1) is 0 Å². The van der Waals surface area contributed by atoms with Crippen molar-refractivity contribution in [2.24, 2.45) is 0 Å². The highest BCUT2D eigenvalue weighted by Crippen LogP contribution is 2.30. The molecule has 6 nitrogen and oxygen atoms in total. The van der Waals surface area contributed by atoms with Crippen LogP contribution in [0.1, 0.15) is 24.3 Å². The molecule has 0 atom stereocenters. The minimum atomic E-state index is -1.05. The number of carbonyl (C=O) groups is 1. The molecular formula is C14H13ClN2O4. The minimum Gasteiger partial charge on any atom is -0.482 e. The molecule has 21 heavy (non-hydrogen) atoms. The van der Waals surface area contributed by atoms with Crippen molar-refractivity contribution in [2.45, 2.75) is 20.0 Å². The molecule has 0 saturated carbocycles. The zero-order valence-electron chi connectivity index (χ0n) is 11.2. The number of aliphatic carboxylic acids is 1. The highest BCUT2D eigenvalue weighted by atomic mass is 35.5. The Kier molecular flexibility index (Phi) is 4.94. The first-order valence-electron chi connectivity index (χ1n) is 6.23. The van der Waals surface area contributed by atoms with Crippen LogP contribution in [0.25, 0.3) is 6.08 Å². The smallest absolute Gasteiger partial charge is 0.328 e. The van der Waals surface area contributed by atoms with Crippen LogP contribution in [-0.4, -0.2) is 21.3 Å². The van der Waals surface area contributed by atoms with Gasteiger partial charge < -0.3 is 14.3 Å². The Morgan fingerprint density at radius 3 is 2.86 bits per heavy atom. The molecule has 2 aromatic rings. The molecule has 0 aliphatic rings. The summed E-state index contributed by atoms with van der Waals surface area (Å²) in [5.74, 6) is 0.178.